The number of ether oxygens (including phenoxy) is 2. The summed E-state index contributed by atoms with van der Waals surface area (Å²) in [5.74, 6) is 1.60. The van der Waals surface area contributed by atoms with Crippen molar-refractivity contribution >= 4 is 17.3 Å². The Hall–Kier alpha value is -2.31. The van der Waals surface area contributed by atoms with E-state index in [1.807, 2.05) is 0 Å². The molecule has 1 aliphatic heterocycles. The van der Waals surface area contributed by atoms with Crippen LogP contribution in [0.5, 0.6) is 11.5 Å². The van der Waals surface area contributed by atoms with E-state index in [0.717, 1.165) is 68.3 Å². The minimum absolute atomic E-state index is 0.115. The van der Waals surface area contributed by atoms with Crippen LogP contribution in [0.1, 0.15) is 56.6 Å². The quantitative estimate of drug-likeness (QED) is 0.387. The molecule has 34 heavy (non-hydrogen) atoms. The monoisotopic (exact) mass is 481 g/mol. The molecular formula is C28H39N3O2S. The van der Waals surface area contributed by atoms with Gasteiger partial charge in [-0.25, -0.2) is 0 Å². The highest BCUT2D eigenvalue weighted by atomic mass is 32.1. The van der Waals surface area contributed by atoms with Gasteiger partial charge in [0.1, 0.15) is 0 Å². The maximum Gasteiger partial charge on any atom is 0.166 e. The third-order valence-electron chi connectivity index (χ3n) is 7.71. The van der Waals surface area contributed by atoms with Crippen molar-refractivity contribution in [3.8, 4) is 11.5 Å². The number of hydrogen-bond donors (Lipinski definition) is 2. The minimum atomic E-state index is 0.115. The Bertz CT molecular complexity index is 954. The second-order valence-corrected chi connectivity index (χ2v) is 10.1. The third kappa shape index (κ3) is 5.33. The van der Waals surface area contributed by atoms with Gasteiger partial charge in [-0.1, -0.05) is 49.7 Å². The molecule has 2 aromatic rings. The highest BCUT2D eigenvalue weighted by molar-refractivity contribution is 7.80. The van der Waals surface area contributed by atoms with E-state index in [0.29, 0.717) is 12.1 Å². The molecule has 3 atom stereocenters. The van der Waals surface area contributed by atoms with Crippen LogP contribution >= 0.6 is 12.2 Å². The van der Waals surface area contributed by atoms with Crippen molar-refractivity contribution in [2.45, 2.75) is 69.5 Å². The average Bonchev–Trinajstić information content (AvgIpc) is 3.23. The summed E-state index contributed by atoms with van der Waals surface area (Å²) < 4.78 is 11.2. The van der Waals surface area contributed by atoms with Crippen LogP contribution in [-0.4, -0.2) is 49.4 Å². The van der Waals surface area contributed by atoms with Crippen molar-refractivity contribution in [1.29, 1.82) is 0 Å². The summed E-state index contributed by atoms with van der Waals surface area (Å²) in [6.45, 7) is 5.22. The van der Waals surface area contributed by atoms with Crippen molar-refractivity contribution < 1.29 is 9.47 Å². The van der Waals surface area contributed by atoms with E-state index in [1.54, 1.807) is 14.2 Å². The van der Waals surface area contributed by atoms with Gasteiger partial charge in [0.25, 0.3) is 0 Å². The van der Waals surface area contributed by atoms with Crippen LogP contribution in [0.15, 0.2) is 48.5 Å². The van der Waals surface area contributed by atoms with Gasteiger partial charge in [-0.05, 0) is 74.1 Å². The second-order valence-electron chi connectivity index (χ2n) is 9.67. The molecule has 0 spiro atoms. The molecule has 5 nitrogen and oxygen atoms in total. The molecule has 1 heterocycles. The zero-order valence-corrected chi connectivity index (χ0v) is 21.6. The lowest BCUT2D eigenvalue weighted by Gasteiger charge is -2.46. The number of fused-ring (bicyclic) bond motifs is 1. The molecule has 2 fully saturated rings. The number of benzene rings is 2. The fraction of sp³-hybridized carbons (Fsp3) is 0.536. The summed E-state index contributed by atoms with van der Waals surface area (Å²) in [6.07, 6.45) is 6.79. The molecule has 0 amide bonds. The van der Waals surface area contributed by atoms with Crippen molar-refractivity contribution in [2.24, 2.45) is 0 Å². The Morgan fingerprint density at radius 1 is 1.09 bits per heavy atom. The first-order valence-electron chi connectivity index (χ1n) is 12.6. The Kier molecular flexibility index (Phi) is 8.32. The molecule has 1 saturated carbocycles. The maximum absolute atomic E-state index is 5.68. The van der Waals surface area contributed by atoms with Crippen molar-refractivity contribution in [1.82, 2.24) is 15.5 Å². The topological polar surface area (TPSA) is 45.8 Å². The van der Waals surface area contributed by atoms with Gasteiger partial charge in [0.05, 0.1) is 14.2 Å². The molecule has 6 heteroatoms. The van der Waals surface area contributed by atoms with Crippen LogP contribution in [0.25, 0.3) is 0 Å². The smallest absolute Gasteiger partial charge is 0.166 e. The Morgan fingerprint density at radius 2 is 1.88 bits per heavy atom. The molecule has 4 rings (SSSR count). The Morgan fingerprint density at radius 3 is 2.62 bits per heavy atom. The first-order chi connectivity index (χ1) is 16.6. The van der Waals surface area contributed by atoms with Crippen molar-refractivity contribution in [3.63, 3.8) is 0 Å². The largest absolute Gasteiger partial charge is 0.493 e. The van der Waals surface area contributed by atoms with Crippen molar-refractivity contribution in [3.05, 3.63) is 59.7 Å². The summed E-state index contributed by atoms with van der Waals surface area (Å²) in [4.78, 5) is 2.69. The average molecular weight is 482 g/mol. The number of nitrogens with one attached hydrogen (secondary N) is 2. The third-order valence-corrected chi connectivity index (χ3v) is 7.97. The van der Waals surface area contributed by atoms with E-state index in [-0.39, 0.29) is 5.41 Å². The number of nitrogens with zero attached hydrogens (tertiary/aromatic N) is 1. The zero-order chi connectivity index (χ0) is 24.0. The molecule has 0 radical (unpaired) electrons. The molecule has 2 aromatic carbocycles. The number of unbranched alkanes of at least 4 members (excludes halogenated alkanes) is 1. The van der Waals surface area contributed by atoms with Gasteiger partial charge in [-0.2, -0.15) is 0 Å². The summed E-state index contributed by atoms with van der Waals surface area (Å²) in [7, 11) is 3.42. The summed E-state index contributed by atoms with van der Waals surface area (Å²) in [5, 5.41) is 7.82. The molecule has 2 N–H and O–H groups in total. The number of likely N-dealkylation sites (tertiary alicyclic amines) is 1. The van der Waals surface area contributed by atoms with E-state index in [1.165, 1.54) is 17.5 Å². The molecular weight excluding hydrogens is 442 g/mol. The lowest BCUT2D eigenvalue weighted by Crippen LogP contribution is -2.53. The van der Waals surface area contributed by atoms with Gasteiger partial charge < -0.3 is 20.1 Å². The molecule has 1 saturated heterocycles. The summed E-state index contributed by atoms with van der Waals surface area (Å²) in [6, 6.07) is 18.2. The van der Waals surface area contributed by atoms with Crippen LogP contribution in [-0.2, 0) is 12.0 Å². The SMILES string of the molecule is CCCCNC(=S)N[C@@H]1CC[C@@]2(c3ccc(OC)c(OC)c3)CCN(Cc3ccccc3)[C@H]2C1. The highest BCUT2D eigenvalue weighted by Crippen LogP contribution is 2.50. The van der Waals surface area contributed by atoms with Gasteiger partial charge >= 0.3 is 0 Å². The van der Waals surface area contributed by atoms with E-state index >= 15 is 0 Å². The fourth-order valence-electron chi connectivity index (χ4n) is 5.88. The maximum atomic E-state index is 5.68. The lowest BCUT2D eigenvalue weighted by molar-refractivity contribution is 0.134. The van der Waals surface area contributed by atoms with Gasteiger partial charge in [-0.3, -0.25) is 4.90 Å². The second kappa shape index (κ2) is 11.4. The number of rotatable bonds is 9. The normalized spacial score (nSPS) is 24.3. The molecule has 0 aromatic heterocycles. The Balaban J connectivity index is 1.57. The minimum Gasteiger partial charge on any atom is -0.493 e. The van der Waals surface area contributed by atoms with Gasteiger partial charge in [0, 0.05) is 30.6 Å². The molecule has 2 aliphatic rings. The van der Waals surface area contributed by atoms with Gasteiger partial charge in [0.2, 0.25) is 0 Å². The molecule has 0 unspecified atom stereocenters. The van der Waals surface area contributed by atoms with Crippen LogP contribution < -0.4 is 20.1 Å². The summed E-state index contributed by atoms with van der Waals surface area (Å²) in [5.41, 5.74) is 2.86. The predicted molar refractivity (Wildman–Crippen MR) is 143 cm³/mol. The van der Waals surface area contributed by atoms with Crippen LogP contribution in [0.2, 0.25) is 0 Å². The first kappa shape index (κ1) is 24.8. The van der Waals surface area contributed by atoms with E-state index in [2.05, 4.69) is 71.0 Å². The number of thiocarbonyl (C=S) groups is 1. The van der Waals surface area contributed by atoms with Crippen LogP contribution in [0, 0.1) is 0 Å². The van der Waals surface area contributed by atoms with Crippen LogP contribution in [0.3, 0.4) is 0 Å². The molecule has 184 valence electrons. The molecule has 0 bridgehead atoms. The number of methoxy groups -OCH3 is 2. The predicted octanol–water partition coefficient (Wildman–Crippen LogP) is 5.03. The highest BCUT2D eigenvalue weighted by Gasteiger charge is 2.51. The first-order valence-corrected chi connectivity index (χ1v) is 13.0. The number of hydrogen-bond acceptors (Lipinski definition) is 4. The molecule has 1 aliphatic carbocycles. The Labute approximate surface area is 210 Å². The summed E-state index contributed by atoms with van der Waals surface area (Å²) >= 11 is 5.62. The van der Waals surface area contributed by atoms with Gasteiger partial charge in [0.15, 0.2) is 16.6 Å². The van der Waals surface area contributed by atoms with E-state index in [4.69, 9.17) is 21.7 Å². The van der Waals surface area contributed by atoms with E-state index in [9.17, 15) is 0 Å². The fourth-order valence-corrected chi connectivity index (χ4v) is 6.15. The van der Waals surface area contributed by atoms with E-state index < -0.39 is 0 Å². The lowest BCUT2D eigenvalue weighted by atomic mass is 9.65. The van der Waals surface area contributed by atoms with Gasteiger partial charge in [-0.15, -0.1) is 0 Å². The zero-order valence-electron chi connectivity index (χ0n) is 20.8. The standard InChI is InChI=1S/C28H39N3O2S/c1-4-5-16-29-27(34)30-23-13-14-28(22-11-12-24(32-2)25(18-22)33-3)15-17-31(26(28)19-23)20-21-9-7-6-8-10-21/h6-12,18,23,26H,4-5,13-17,19-20H2,1-3H3,(H2,29,30,34)/t23-,26+,28+/m1/s1. The van der Waals surface area contributed by atoms with Crippen LogP contribution in [0.4, 0.5) is 0 Å². The van der Waals surface area contributed by atoms with Crippen molar-refractivity contribution in [2.75, 3.05) is 27.3 Å².